The summed E-state index contributed by atoms with van der Waals surface area (Å²) in [6, 6.07) is 6.67. The number of carbonyl (C=O) groups excluding carboxylic acids is 2. The molecule has 2 aromatic heterocycles. The first-order chi connectivity index (χ1) is 9.89. The molecule has 1 N–H and O–H groups in total. The van der Waals surface area contributed by atoms with Gasteiger partial charge in [-0.3, -0.25) is 14.6 Å². The number of pyridine rings is 2. The van der Waals surface area contributed by atoms with Gasteiger partial charge in [-0.2, -0.15) is 0 Å². The molecular weight excluding hydrogens is 266 g/mol. The Hall–Kier alpha value is -2.56. The third kappa shape index (κ3) is 3.51. The average molecular weight is 283 g/mol. The summed E-state index contributed by atoms with van der Waals surface area (Å²) in [5.74, 6) is -0.145. The molecule has 2 rings (SSSR count). The summed E-state index contributed by atoms with van der Waals surface area (Å²) in [7, 11) is 0. The molecule has 0 saturated heterocycles. The van der Waals surface area contributed by atoms with Crippen molar-refractivity contribution in [2.24, 2.45) is 5.41 Å². The number of aromatic nitrogens is 2. The molecule has 0 aliphatic carbocycles. The number of amides is 1. The van der Waals surface area contributed by atoms with E-state index < -0.39 is 5.41 Å². The molecule has 0 aliphatic rings. The Kier molecular flexibility index (Phi) is 4.12. The van der Waals surface area contributed by atoms with Crippen LogP contribution in [0.3, 0.4) is 0 Å². The van der Waals surface area contributed by atoms with Crippen LogP contribution >= 0.6 is 0 Å². The molecule has 1 amide bonds. The minimum Gasteiger partial charge on any atom is -0.310 e. The molecule has 5 heteroatoms. The first-order valence-corrected chi connectivity index (χ1v) is 6.61. The monoisotopic (exact) mass is 283 g/mol. The highest BCUT2D eigenvalue weighted by Crippen LogP contribution is 2.20. The van der Waals surface area contributed by atoms with Crippen LogP contribution in [-0.4, -0.2) is 21.7 Å². The van der Waals surface area contributed by atoms with Crippen LogP contribution < -0.4 is 5.32 Å². The van der Waals surface area contributed by atoms with Gasteiger partial charge in [-0.05, 0) is 24.3 Å². The number of carbonyl (C=O) groups is 2. The molecule has 21 heavy (non-hydrogen) atoms. The summed E-state index contributed by atoms with van der Waals surface area (Å²) >= 11 is 0. The Balaban J connectivity index is 2.34. The smallest absolute Gasteiger partial charge is 0.230 e. The van der Waals surface area contributed by atoms with Gasteiger partial charge in [0.15, 0.2) is 5.78 Å². The summed E-state index contributed by atoms with van der Waals surface area (Å²) in [6.45, 7) is 5.40. The number of ketones is 1. The first kappa shape index (κ1) is 14.8. The van der Waals surface area contributed by atoms with Crippen LogP contribution in [0.4, 0.5) is 5.82 Å². The molecule has 0 saturated carbocycles. The van der Waals surface area contributed by atoms with Crippen molar-refractivity contribution in [3.63, 3.8) is 0 Å². The van der Waals surface area contributed by atoms with E-state index in [2.05, 4.69) is 15.3 Å². The second kappa shape index (κ2) is 5.83. The molecule has 2 heterocycles. The van der Waals surface area contributed by atoms with Gasteiger partial charge in [0, 0.05) is 29.6 Å². The van der Waals surface area contributed by atoms with E-state index >= 15 is 0 Å². The van der Waals surface area contributed by atoms with Crippen molar-refractivity contribution >= 4 is 17.5 Å². The fourth-order valence-electron chi connectivity index (χ4n) is 1.64. The van der Waals surface area contributed by atoms with Gasteiger partial charge in [0.05, 0.1) is 5.56 Å². The summed E-state index contributed by atoms with van der Waals surface area (Å²) < 4.78 is 0. The summed E-state index contributed by atoms with van der Waals surface area (Å²) in [5.41, 5.74) is 0.242. The minimum absolute atomic E-state index is 0.193. The molecule has 2 aromatic rings. The van der Waals surface area contributed by atoms with Crippen molar-refractivity contribution < 1.29 is 9.59 Å². The zero-order chi connectivity index (χ0) is 15.5. The molecule has 0 radical (unpaired) electrons. The maximum absolute atomic E-state index is 12.5. The fourth-order valence-corrected chi connectivity index (χ4v) is 1.64. The highest BCUT2D eigenvalue weighted by molar-refractivity contribution is 6.13. The van der Waals surface area contributed by atoms with Gasteiger partial charge in [0.2, 0.25) is 5.91 Å². The minimum atomic E-state index is -0.563. The van der Waals surface area contributed by atoms with Crippen molar-refractivity contribution in [1.29, 1.82) is 0 Å². The molecular formula is C16H17N3O2. The van der Waals surface area contributed by atoms with Crippen LogP contribution in [-0.2, 0) is 4.79 Å². The van der Waals surface area contributed by atoms with E-state index in [4.69, 9.17) is 0 Å². The highest BCUT2D eigenvalue weighted by Gasteiger charge is 2.24. The molecule has 0 bridgehead atoms. The third-order valence-corrected chi connectivity index (χ3v) is 2.89. The Morgan fingerprint density at radius 2 is 1.81 bits per heavy atom. The molecule has 0 atom stereocenters. The van der Waals surface area contributed by atoms with E-state index in [1.807, 2.05) is 0 Å². The first-order valence-electron chi connectivity index (χ1n) is 6.61. The lowest BCUT2D eigenvalue weighted by atomic mass is 9.95. The number of hydrogen-bond acceptors (Lipinski definition) is 4. The zero-order valence-corrected chi connectivity index (χ0v) is 12.3. The molecule has 0 aliphatic heterocycles. The predicted molar refractivity (Wildman–Crippen MR) is 80.0 cm³/mol. The van der Waals surface area contributed by atoms with Crippen molar-refractivity contribution in [2.75, 3.05) is 5.32 Å². The fraction of sp³-hybridized carbons (Fsp3) is 0.250. The number of rotatable bonds is 3. The number of nitrogens with one attached hydrogen (secondary N) is 1. The Morgan fingerprint density at radius 1 is 1.10 bits per heavy atom. The van der Waals surface area contributed by atoms with E-state index in [1.54, 1.807) is 51.2 Å². The van der Waals surface area contributed by atoms with Gasteiger partial charge in [-0.1, -0.05) is 20.8 Å². The third-order valence-electron chi connectivity index (χ3n) is 2.89. The van der Waals surface area contributed by atoms with Crippen LogP contribution in [0.25, 0.3) is 0 Å². The van der Waals surface area contributed by atoms with E-state index in [-0.39, 0.29) is 17.5 Å². The maximum atomic E-state index is 12.5. The van der Waals surface area contributed by atoms with Crippen LogP contribution in [0.2, 0.25) is 0 Å². The average Bonchev–Trinajstić information content (AvgIpc) is 2.47. The van der Waals surface area contributed by atoms with Gasteiger partial charge >= 0.3 is 0 Å². The molecule has 0 fully saturated rings. The van der Waals surface area contributed by atoms with Crippen LogP contribution in [0, 0.1) is 5.41 Å². The van der Waals surface area contributed by atoms with Gasteiger partial charge in [0.25, 0.3) is 0 Å². The SMILES string of the molecule is CC(C)(C)C(=O)Nc1ncccc1C(=O)c1cccnc1. The summed E-state index contributed by atoms with van der Waals surface area (Å²) in [5, 5.41) is 2.71. The lowest BCUT2D eigenvalue weighted by Crippen LogP contribution is -2.29. The highest BCUT2D eigenvalue weighted by atomic mass is 16.2. The predicted octanol–water partition coefficient (Wildman–Crippen LogP) is 2.69. The van der Waals surface area contributed by atoms with Crippen LogP contribution in [0.1, 0.15) is 36.7 Å². The summed E-state index contributed by atoms with van der Waals surface area (Å²) in [4.78, 5) is 32.6. The molecule has 0 unspecified atom stereocenters. The van der Waals surface area contributed by atoms with E-state index in [1.165, 1.54) is 12.4 Å². The van der Waals surface area contributed by atoms with E-state index in [0.29, 0.717) is 11.1 Å². The number of anilines is 1. The quantitative estimate of drug-likeness (QED) is 0.879. The van der Waals surface area contributed by atoms with Gasteiger partial charge in [-0.25, -0.2) is 4.98 Å². The Labute approximate surface area is 123 Å². The molecule has 108 valence electrons. The molecule has 0 spiro atoms. The summed E-state index contributed by atoms with van der Waals surface area (Å²) in [6.07, 6.45) is 4.63. The van der Waals surface area contributed by atoms with Gasteiger partial charge in [-0.15, -0.1) is 0 Å². The lowest BCUT2D eigenvalue weighted by Gasteiger charge is -2.18. The van der Waals surface area contributed by atoms with Crippen molar-refractivity contribution in [3.05, 3.63) is 54.0 Å². The maximum Gasteiger partial charge on any atom is 0.230 e. The van der Waals surface area contributed by atoms with Crippen molar-refractivity contribution in [1.82, 2.24) is 9.97 Å². The van der Waals surface area contributed by atoms with Crippen molar-refractivity contribution in [2.45, 2.75) is 20.8 Å². The number of hydrogen-bond donors (Lipinski definition) is 1. The van der Waals surface area contributed by atoms with Crippen LogP contribution in [0.5, 0.6) is 0 Å². The van der Waals surface area contributed by atoms with Gasteiger partial charge < -0.3 is 5.32 Å². The Bertz CT molecular complexity index is 661. The Morgan fingerprint density at radius 3 is 2.43 bits per heavy atom. The second-order valence-electron chi connectivity index (χ2n) is 5.67. The number of nitrogens with zero attached hydrogens (tertiary/aromatic N) is 2. The largest absolute Gasteiger partial charge is 0.310 e. The standard InChI is InChI=1S/C16H17N3O2/c1-16(2,3)15(21)19-14-12(7-5-9-18-14)13(20)11-6-4-8-17-10-11/h4-10H,1-3H3,(H,18,19,21). The van der Waals surface area contributed by atoms with Crippen LogP contribution in [0.15, 0.2) is 42.9 Å². The van der Waals surface area contributed by atoms with E-state index in [0.717, 1.165) is 0 Å². The lowest BCUT2D eigenvalue weighted by molar-refractivity contribution is -0.123. The molecule has 5 nitrogen and oxygen atoms in total. The second-order valence-corrected chi connectivity index (χ2v) is 5.67. The topological polar surface area (TPSA) is 72.0 Å². The normalized spacial score (nSPS) is 11.0. The molecule has 0 aromatic carbocycles. The van der Waals surface area contributed by atoms with E-state index in [9.17, 15) is 9.59 Å². The van der Waals surface area contributed by atoms with Gasteiger partial charge in [0.1, 0.15) is 5.82 Å². The zero-order valence-electron chi connectivity index (χ0n) is 12.3. The van der Waals surface area contributed by atoms with Crippen molar-refractivity contribution in [3.8, 4) is 0 Å².